The number of nitrogens with zero attached hydrogens (tertiary/aromatic N) is 1. The first-order valence-electron chi connectivity index (χ1n) is 6.48. The molecule has 1 saturated carbocycles. The molecule has 0 unspecified atom stereocenters. The van der Waals surface area contributed by atoms with Crippen LogP contribution in [0.5, 0.6) is 0 Å². The summed E-state index contributed by atoms with van der Waals surface area (Å²) in [6.07, 6.45) is 4.52. The molecular weight excluding hydrogens is 206 g/mol. The fraction of sp³-hybridized carbons (Fsp3) is 1.00. The van der Waals surface area contributed by atoms with Crippen LogP contribution in [0.3, 0.4) is 0 Å². The van der Waals surface area contributed by atoms with Crippen LogP contribution in [0.4, 0.5) is 0 Å². The van der Waals surface area contributed by atoms with Crippen LogP contribution in [-0.4, -0.2) is 57.2 Å². The molecule has 3 rings (SSSR count). The van der Waals surface area contributed by atoms with Crippen LogP contribution < -0.4 is 0 Å². The second-order valence-electron chi connectivity index (χ2n) is 5.59. The summed E-state index contributed by atoms with van der Waals surface area (Å²) in [6.45, 7) is -0.0437. The molecule has 92 valence electrons. The Labute approximate surface area is 95.9 Å². The SMILES string of the molecule is OC[C@@H]1[C@H](O)[C@@H](O)[C@@H]2C[C@@H]3CCCC[C@@H]3N12. The van der Waals surface area contributed by atoms with Gasteiger partial charge in [-0.05, 0) is 25.2 Å². The molecule has 3 N–H and O–H groups in total. The van der Waals surface area contributed by atoms with Gasteiger partial charge in [0.1, 0.15) is 0 Å². The molecule has 0 bridgehead atoms. The van der Waals surface area contributed by atoms with Gasteiger partial charge < -0.3 is 15.3 Å². The van der Waals surface area contributed by atoms with E-state index in [-0.39, 0.29) is 18.7 Å². The highest BCUT2D eigenvalue weighted by Gasteiger charge is 2.56. The maximum atomic E-state index is 10.0. The van der Waals surface area contributed by atoms with Gasteiger partial charge in [-0.2, -0.15) is 0 Å². The fourth-order valence-corrected chi connectivity index (χ4v) is 4.17. The minimum absolute atomic E-state index is 0.0437. The van der Waals surface area contributed by atoms with Gasteiger partial charge in [-0.25, -0.2) is 0 Å². The minimum atomic E-state index is -0.766. The summed E-state index contributed by atoms with van der Waals surface area (Å²) in [5.41, 5.74) is 0. The largest absolute Gasteiger partial charge is 0.395 e. The van der Waals surface area contributed by atoms with Crippen molar-refractivity contribution in [3.63, 3.8) is 0 Å². The summed E-state index contributed by atoms with van der Waals surface area (Å²) in [6, 6.07) is 0.330. The molecular formula is C12H21NO3. The molecule has 0 radical (unpaired) electrons. The van der Waals surface area contributed by atoms with Crippen LogP contribution in [0.25, 0.3) is 0 Å². The Bertz CT molecular complexity index is 269. The summed E-state index contributed by atoms with van der Waals surface area (Å²) in [4.78, 5) is 2.22. The van der Waals surface area contributed by atoms with E-state index in [4.69, 9.17) is 0 Å². The van der Waals surface area contributed by atoms with E-state index in [1.807, 2.05) is 0 Å². The maximum absolute atomic E-state index is 10.0. The zero-order chi connectivity index (χ0) is 11.3. The van der Waals surface area contributed by atoms with E-state index < -0.39 is 12.2 Å². The lowest BCUT2D eigenvalue weighted by atomic mass is 9.83. The molecule has 0 aromatic carbocycles. The summed E-state index contributed by atoms with van der Waals surface area (Å²) in [5.74, 6) is 0.676. The predicted molar refractivity (Wildman–Crippen MR) is 58.9 cm³/mol. The van der Waals surface area contributed by atoms with Crippen molar-refractivity contribution in [1.29, 1.82) is 0 Å². The molecule has 2 aliphatic heterocycles. The minimum Gasteiger partial charge on any atom is -0.395 e. The average molecular weight is 227 g/mol. The zero-order valence-corrected chi connectivity index (χ0v) is 9.50. The Kier molecular flexibility index (Phi) is 2.70. The van der Waals surface area contributed by atoms with Gasteiger partial charge in [-0.3, -0.25) is 4.90 Å². The van der Waals surface area contributed by atoms with E-state index in [0.29, 0.717) is 12.0 Å². The van der Waals surface area contributed by atoms with Gasteiger partial charge in [0.25, 0.3) is 0 Å². The molecule has 16 heavy (non-hydrogen) atoms. The predicted octanol–water partition coefficient (Wildman–Crippen LogP) is -0.284. The van der Waals surface area contributed by atoms with Gasteiger partial charge in [-0.1, -0.05) is 12.8 Å². The highest BCUT2D eigenvalue weighted by atomic mass is 16.3. The van der Waals surface area contributed by atoms with E-state index in [0.717, 1.165) is 12.8 Å². The molecule has 0 amide bonds. The Morgan fingerprint density at radius 2 is 1.75 bits per heavy atom. The third-order valence-electron chi connectivity index (χ3n) is 4.89. The topological polar surface area (TPSA) is 63.9 Å². The van der Waals surface area contributed by atoms with Crippen molar-refractivity contribution >= 4 is 0 Å². The van der Waals surface area contributed by atoms with Crippen molar-refractivity contribution in [2.45, 2.75) is 62.4 Å². The number of hydrogen-bond donors (Lipinski definition) is 3. The second kappa shape index (κ2) is 3.95. The molecule has 0 aromatic heterocycles. The molecule has 4 heteroatoms. The van der Waals surface area contributed by atoms with Gasteiger partial charge in [0.15, 0.2) is 0 Å². The van der Waals surface area contributed by atoms with Gasteiger partial charge in [-0.15, -0.1) is 0 Å². The van der Waals surface area contributed by atoms with E-state index in [1.54, 1.807) is 0 Å². The smallest absolute Gasteiger partial charge is 0.0991 e. The van der Waals surface area contributed by atoms with Gasteiger partial charge in [0.05, 0.1) is 24.9 Å². The monoisotopic (exact) mass is 227 g/mol. The first-order valence-corrected chi connectivity index (χ1v) is 6.48. The molecule has 0 aromatic rings. The fourth-order valence-electron chi connectivity index (χ4n) is 4.17. The summed E-state index contributed by atoms with van der Waals surface area (Å²) >= 11 is 0. The van der Waals surface area contributed by atoms with Crippen LogP contribution >= 0.6 is 0 Å². The van der Waals surface area contributed by atoms with Gasteiger partial charge in [0.2, 0.25) is 0 Å². The quantitative estimate of drug-likeness (QED) is 0.576. The molecule has 3 fully saturated rings. The standard InChI is InChI=1S/C12H21NO3/c14-6-10-12(16)11(15)9-5-7-3-1-2-4-8(7)13(9)10/h7-12,14-16H,1-6H2/t7-,8-,9-,10+,11-,12-/m0/s1. The zero-order valence-electron chi connectivity index (χ0n) is 9.50. The van der Waals surface area contributed by atoms with Crippen LogP contribution in [0.1, 0.15) is 32.1 Å². The first-order chi connectivity index (χ1) is 7.74. The molecule has 4 nitrogen and oxygen atoms in total. The lowest BCUT2D eigenvalue weighted by molar-refractivity contribution is 0.00637. The number of aliphatic hydroxyl groups is 3. The van der Waals surface area contributed by atoms with Gasteiger partial charge in [0, 0.05) is 12.1 Å². The lowest BCUT2D eigenvalue weighted by Crippen LogP contribution is -2.45. The van der Waals surface area contributed by atoms with E-state index >= 15 is 0 Å². The van der Waals surface area contributed by atoms with E-state index in [9.17, 15) is 15.3 Å². The van der Waals surface area contributed by atoms with E-state index in [2.05, 4.69) is 4.90 Å². The summed E-state index contributed by atoms with van der Waals surface area (Å²) < 4.78 is 0. The van der Waals surface area contributed by atoms with Crippen molar-refractivity contribution in [1.82, 2.24) is 4.90 Å². The number of rotatable bonds is 1. The third kappa shape index (κ3) is 1.37. The highest BCUT2D eigenvalue weighted by molar-refractivity contribution is 5.09. The third-order valence-corrected chi connectivity index (χ3v) is 4.89. The molecule has 2 heterocycles. The molecule has 0 spiro atoms. The number of hydrogen-bond acceptors (Lipinski definition) is 4. The van der Waals surface area contributed by atoms with Crippen LogP contribution in [0.2, 0.25) is 0 Å². The molecule has 6 atom stereocenters. The van der Waals surface area contributed by atoms with E-state index in [1.165, 1.54) is 19.3 Å². The van der Waals surface area contributed by atoms with Crippen LogP contribution in [0, 0.1) is 5.92 Å². The first kappa shape index (κ1) is 11.0. The van der Waals surface area contributed by atoms with Crippen molar-refractivity contribution in [3.8, 4) is 0 Å². The second-order valence-corrected chi connectivity index (χ2v) is 5.59. The number of fused-ring (bicyclic) bond motifs is 3. The average Bonchev–Trinajstić information content (AvgIpc) is 2.78. The van der Waals surface area contributed by atoms with Crippen LogP contribution in [0.15, 0.2) is 0 Å². The molecule has 1 aliphatic carbocycles. The maximum Gasteiger partial charge on any atom is 0.0991 e. The molecule has 3 aliphatic rings. The molecule has 2 saturated heterocycles. The van der Waals surface area contributed by atoms with Gasteiger partial charge >= 0.3 is 0 Å². The number of aliphatic hydroxyl groups excluding tert-OH is 3. The van der Waals surface area contributed by atoms with Crippen molar-refractivity contribution in [2.75, 3.05) is 6.61 Å². The van der Waals surface area contributed by atoms with Crippen molar-refractivity contribution in [3.05, 3.63) is 0 Å². The lowest BCUT2D eigenvalue weighted by Gasteiger charge is -2.35. The van der Waals surface area contributed by atoms with Crippen molar-refractivity contribution < 1.29 is 15.3 Å². The highest BCUT2D eigenvalue weighted by Crippen LogP contribution is 2.45. The normalized spacial score (nSPS) is 52.7. The summed E-state index contributed by atoms with van der Waals surface area (Å²) in [5, 5.41) is 29.3. The summed E-state index contributed by atoms with van der Waals surface area (Å²) in [7, 11) is 0. The Hall–Kier alpha value is -0.160. The van der Waals surface area contributed by atoms with Crippen LogP contribution in [-0.2, 0) is 0 Å². The van der Waals surface area contributed by atoms with Crippen molar-refractivity contribution in [2.24, 2.45) is 5.92 Å². The Balaban J connectivity index is 1.85. The Morgan fingerprint density at radius 1 is 1.00 bits per heavy atom. The Morgan fingerprint density at radius 3 is 2.50 bits per heavy atom.